The van der Waals surface area contributed by atoms with Crippen LogP contribution < -0.4 is 5.73 Å². The number of hydrogen-bond donors (Lipinski definition) is 1. The normalized spacial score (nSPS) is 31.1. The molecule has 2 unspecified atom stereocenters. The summed E-state index contributed by atoms with van der Waals surface area (Å²) in [6.45, 7) is 2.20. The molecule has 4 heteroatoms. The first-order valence-corrected chi connectivity index (χ1v) is 5.97. The lowest BCUT2D eigenvalue weighted by Crippen LogP contribution is -2.25. The number of rotatable bonds is 1. The Hall–Kier alpha value is -0.900. The molecular weight excluding hydrogens is 188 g/mol. The summed E-state index contributed by atoms with van der Waals surface area (Å²) >= 11 is 0. The highest BCUT2D eigenvalue weighted by molar-refractivity contribution is 5.08. The molecule has 2 atom stereocenters. The maximum Gasteiger partial charge on any atom is 0.154 e. The molecule has 1 aliphatic carbocycles. The molecule has 1 saturated carbocycles. The molecule has 1 aliphatic heterocycles. The van der Waals surface area contributed by atoms with Crippen LogP contribution in [0.25, 0.3) is 0 Å². The minimum Gasteiger partial charge on any atom is -0.321 e. The standard InChI is InChI=1S/C11H18N4/c1-7-5-6-9(12)11-13-10(14-15(7)11)8-3-2-4-8/h7-9H,2-6,12H2,1H3. The zero-order valence-electron chi connectivity index (χ0n) is 9.19. The smallest absolute Gasteiger partial charge is 0.154 e. The third-order valence-electron chi connectivity index (χ3n) is 3.79. The maximum atomic E-state index is 6.06. The first kappa shape index (κ1) is 9.33. The summed E-state index contributed by atoms with van der Waals surface area (Å²) in [7, 11) is 0. The van der Waals surface area contributed by atoms with Gasteiger partial charge in [0, 0.05) is 5.92 Å². The lowest BCUT2D eigenvalue weighted by Gasteiger charge is -2.24. The first-order valence-electron chi connectivity index (χ1n) is 5.97. The van der Waals surface area contributed by atoms with Crippen molar-refractivity contribution in [3.8, 4) is 0 Å². The quantitative estimate of drug-likeness (QED) is 0.763. The Labute approximate surface area is 89.9 Å². The predicted octanol–water partition coefficient (Wildman–Crippen LogP) is 1.90. The van der Waals surface area contributed by atoms with Crippen molar-refractivity contribution >= 4 is 0 Å². The molecule has 3 rings (SSSR count). The Morgan fingerprint density at radius 2 is 2.07 bits per heavy atom. The lowest BCUT2D eigenvalue weighted by atomic mass is 9.85. The molecule has 4 nitrogen and oxygen atoms in total. The fraction of sp³-hybridized carbons (Fsp3) is 0.818. The molecule has 2 N–H and O–H groups in total. The van der Waals surface area contributed by atoms with E-state index in [-0.39, 0.29) is 6.04 Å². The van der Waals surface area contributed by atoms with Gasteiger partial charge in [0.2, 0.25) is 0 Å². The van der Waals surface area contributed by atoms with E-state index >= 15 is 0 Å². The van der Waals surface area contributed by atoms with Gasteiger partial charge in [0.1, 0.15) is 5.82 Å². The van der Waals surface area contributed by atoms with Crippen LogP contribution in [0.4, 0.5) is 0 Å². The molecule has 82 valence electrons. The van der Waals surface area contributed by atoms with E-state index in [1.165, 1.54) is 19.3 Å². The van der Waals surface area contributed by atoms with Crippen LogP contribution in [-0.4, -0.2) is 14.8 Å². The molecule has 15 heavy (non-hydrogen) atoms. The predicted molar refractivity (Wildman–Crippen MR) is 57.5 cm³/mol. The van der Waals surface area contributed by atoms with Crippen molar-refractivity contribution in [2.24, 2.45) is 5.73 Å². The van der Waals surface area contributed by atoms with Crippen LogP contribution in [-0.2, 0) is 0 Å². The molecular formula is C11H18N4. The van der Waals surface area contributed by atoms with Crippen molar-refractivity contribution < 1.29 is 0 Å². The van der Waals surface area contributed by atoms with Gasteiger partial charge in [-0.25, -0.2) is 9.67 Å². The number of hydrogen-bond acceptors (Lipinski definition) is 3. The number of nitrogens with zero attached hydrogens (tertiary/aromatic N) is 3. The van der Waals surface area contributed by atoms with Gasteiger partial charge in [-0.15, -0.1) is 0 Å². The second-order valence-corrected chi connectivity index (χ2v) is 4.93. The zero-order valence-corrected chi connectivity index (χ0v) is 9.19. The fourth-order valence-electron chi connectivity index (χ4n) is 2.44. The molecule has 0 amide bonds. The van der Waals surface area contributed by atoms with Crippen LogP contribution in [0.5, 0.6) is 0 Å². The second-order valence-electron chi connectivity index (χ2n) is 4.93. The van der Waals surface area contributed by atoms with E-state index in [1.54, 1.807) is 0 Å². The highest BCUT2D eigenvalue weighted by Crippen LogP contribution is 2.36. The summed E-state index contributed by atoms with van der Waals surface area (Å²) in [4.78, 5) is 4.63. The maximum absolute atomic E-state index is 6.06. The molecule has 0 saturated heterocycles. The van der Waals surface area contributed by atoms with Crippen LogP contribution in [0, 0.1) is 0 Å². The van der Waals surface area contributed by atoms with Crippen LogP contribution >= 0.6 is 0 Å². The van der Waals surface area contributed by atoms with Gasteiger partial charge in [-0.3, -0.25) is 0 Å². The summed E-state index contributed by atoms with van der Waals surface area (Å²) in [5.74, 6) is 2.67. The molecule has 0 radical (unpaired) electrons. The second kappa shape index (κ2) is 3.30. The third kappa shape index (κ3) is 1.39. The summed E-state index contributed by atoms with van der Waals surface area (Å²) in [5.41, 5.74) is 6.06. The van der Waals surface area contributed by atoms with Gasteiger partial charge >= 0.3 is 0 Å². The molecule has 0 bridgehead atoms. The van der Waals surface area contributed by atoms with Crippen LogP contribution in [0.15, 0.2) is 0 Å². The molecule has 1 aromatic heterocycles. The van der Waals surface area contributed by atoms with Gasteiger partial charge in [-0.2, -0.15) is 5.10 Å². The number of fused-ring (bicyclic) bond motifs is 1. The topological polar surface area (TPSA) is 56.7 Å². The fourth-order valence-corrected chi connectivity index (χ4v) is 2.44. The Kier molecular flexibility index (Phi) is 2.06. The summed E-state index contributed by atoms with van der Waals surface area (Å²) < 4.78 is 2.06. The van der Waals surface area contributed by atoms with Crippen molar-refractivity contribution in [3.63, 3.8) is 0 Å². The molecule has 1 fully saturated rings. The van der Waals surface area contributed by atoms with Gasteiger partial charge in [-0.1, -0.05) is 6.42 Å². The van der Waals surface area contributed by atoms with Gasteiger partial charge in [0.15, 0.2) is 5.82 Å². The monoisotopic (exact) mass is 206 g/mol. The van der Waals surface area contributed by atoms with Crippen LogP contribution in [0.3, 0.4) is 0 Å². The lowest BCUT2D eigenvalue weighted by molar-refractivity contribution is 0.345. The van der Waals surface area contributed by atoms with Crippen LogP contribution in [0.2, 0.25) is 0 Å². The molecule has 1 aromatic rings. The van der Waals surface area contributed by atoms with Gasteiger partial charge < -0.3 is 5.73 Å². The molecule has 2 heterocycles. The molecule has 0 spiro atoms. The van der Waals surface area contributed by atoms with Crippen molar-refractivity contribution in [3.05, 3.63) is 11.6 Å². The van der Waals surface area contributed by atoms with Gasteiger partial charge in [0.05, 0.1) is 12.1 Å². The van der Waals surface area contributed by atoms with Gasteiger partial charge in [0.25, 0.3) is 0 Å². The van der Waals surface area contributed by atoms with E-state index in [0.29, 0.717) is 12.0 Å². The van der Waals surface area contributed by atoms with Crippen molar-refractivity contribution in [1.82, 2.24) is 14.8 Å². The van der Waals surface area contributed by atoms with E-state index in [9.17, 15) is 0 Å². The van der Waals surface area contributed by atoms with Crippen molar-refractivity contribution in [2.75, 3.05) is 0 Å². The van der Waals surface area contributed by atoms with Gasteiger partial charge in [-0.05, 0) is 32.6 Å². The largest absolute Gasteiger partial charge is 0.321 e. The summed E-state index contributed by atoms with van der Waals surface area (Å²) in [6.07, 6.45) is 6.02. The Morgan fingerprint density at radius 1 is 1.27 bits per heavy atom. The average molecular weight is 206 g/mol. The van der Waals surface area contributed by atoms with E-state index in [0.717, 1.165) is 24.5 Å². The zero-order chi connectivity index (χ0) is 10.4. The average Bonchev–Trinajstić information content (AvgIpc) is 2.54. The Morgan fingerprint density at radius 3 is 2.67 bits per heavy atom. The molecule has 2 aliphatic rings. The highest BCUT2D eigenvalue weighted by atomic mass is 15.4. The number of nitrogens with two attached hydrogens (primary N) is 1. The number of aromatic nitrogens is 3. The third-order valence-corrected chi connectivity index (χ3v) is 3.79. The Bertz CT molecular complexity index is 339. The van der Waals surface area contributed by atoms with Crippen molar-refractivity contribution in [1.29, 1.82) is 0 Å². The van der Waals surface area contributed by atoms with E-state index in [4.69, 9.17) is 5.73 Å². The summed E-state index contributed by atoms with van der Waals surface area (Å²) in [6, 6.07) is 0.573. The Balaban J connectivity index is 1.96. The van der Waals surface area contributed by atoms with E-state index in [1.807, 2.05) is 0 Å². The molecule has 0 aromatic carbocycles. The first-order chi connectivity index (χ1) is 7.25. The van der Waals surface area contributed by atoms with Crippen LogP contribution in [0.1, 0.15) is 68.7 Å². The van der Waals surface area contributed by atoms with Crippen molar-refractivity contribution in [2.45, 2.75) is 57.0 Å². The minimum atomic E-state index is 0.0996. The van der Waals surface area contributed by atoms with E-state index < -0.39 is 0 Å². The van der Waals surface area contributed by atoms with E-state index in [2.05, 4.69) is 21.7 Å². The highest BCUT2D eigenvalue weighted by Gasteiger charge is 2.30. The minimum absolute atomic E-state index is 0.0996. The SMILES string of the molecule is CC1CCC(N)c2nc(C3CCC3)nn21. The summed E-state index contributed by atoms with van der Waals surface area (Å²) in [5, 5.41) is 4.63.